The van der Waals surface area contributed by atoms with Gasteiger partial charge >= 0.3 is 5.91 Å². The molecule has 4 heteroatoms. The van der Waals surface area contributed by atoms with Crippen molar-refractivity contribution in [2.24, 2.45) is 5.84 Å². The lowest BCUT2D eigenvalue weighted by Gasteiger charge is -2.12. The van der Waals surface area contributed by atoms with E-state index in [9.17, 15) is 9.59 Å². The van der Waals surface area contributed by atoms with Gasteiger partial charge in [0.2, 0.25) is 6.29 Å². The Bertz CT molecular complexity index is 284. The molecule has 0 aliphatic rings. The van der Waals surface area contributed by atoms with Crippen molar-refractivity contribution in [2.75, 3.05) is 5.01 Å². The molecule has 0 saturated heterocycles. The first-order valence-electron chi connectivity index (χ1n) is 3.34. The number of benzene rings is 1. The maximum absolute atomic E-state index is 10.7. The molecule has 0 aromatic heterocycles. The van der Waals surface area contributed by atoms with E-state index in [1.165, 1.54) is 0 Å². The summed E-state index contributed by atoms with van der Waals surface area (Å²) in [5.74, 6) is 4.54. The molecule has 0 bridgehead atoms. The van der Waals surface area contributed by atoms with Crippen molar-refractivity contribution in [2.45, 2.75) is 0 Å². The maximum Gasteiger partial charge on any atom is 0.305 e. The molecule has 1 aromatic rings. The molecule has 0 saturated carbocycles. The average molecular weight is 164 g/mol. The number of rotatable bonds is 2. The number of amides is 1. The molecule has 2 N–H and O–H groups in total. The van der Waals surface area contributed by atoms with Crippen molar-refractivity contribution >= 4 is 17.9 Å². The largest absolute Gasteiger partial charge is 0.305 e. The van der Waals surface area contributed by atoms with E-state index in [1.54, 1.807) is 30.3 Å². The van der Waals surface area contributed by atoms with Crippen LogP contribution in [0.1, 0.15) is 0 Å². The summed E-state index contributed by atoms with van der Waals surface area (Å²) in [5.41, 5.74) is 0.495. The Morgan fingerprint density at radius 1 is 1.33 bits per heavy atom. The Morgan fingerprint density at radius 3 is 2.42 bits per heavy atom. The third-order valence-electron chi connectivity index (χ3n) is 1.37. The predicted molar refractivity (Wildman–Crippen MR) is 44.2 cm³/mol. The van der Waals surface area contributed by atoms with E-state index >= 15 is 0 Å². The topological polar surface area (TPSA) is 63.4 Å². The lowest BCUT2D eigenvalue weighted by Crippen LogP contribution is -2.38. The van der Waals surface area contributed by atoms with Crippen LogP contribution in [0.15, 0.2) is 30.3 Å². The van der Waals surface area contributed by atoms with E-state index in [4.69, 9.17) is 5.84 Å². The van der Waals surface area contributed by atoms with Crippen LogP contribution in [-0.4, -0.2) is 12.2 Å². The summed E-state index contributed by atoms with van der Waals surface area (Å²) in [4.78, 5) is 20.8. The Labute approximate surface area is 69.6 Å². The minimum absolute atomic E-state index is 0.174. The average Bonchev–Trinajstić information content (AvgIpc) is 2.17. The van der Waals surface area contributed by atoms with Crippen molar-refractivity contribution in [1.82, 2.24) is 0 Å². The first kappa shape index (κ1) is 8.42. The van der Waals surface area contributed by atoms with Gasteiger partial charge in [-0.25, -0.2) is 10.9 Å². The summed E-state index contributed by atoms with van der Waals surface area (Å²) < 4.78 is 0. The molecule has 0 aliphatic heterocycles. The molecular weight excluding hydrogens is 156 g/mol. The Balaban J connectivity index is 2.85. The number of anilines is 1. The van der Waals surface area contributed by atoms with Gasteiger partial charge in [0, 0.05) is 0 Å². The first-order valence-corrected chi connectivity index (χ1v) is 3.34. The lowest BCUT2D eigenvalue weighted by atomic mass is 10.3. The summed E-state index contributed by atoms with van der Waals surface area (Å²) in [6.45, 7) is 0. The summed E-state index contributed by atoms with van der Waals surface area (Å²) in [7, 11) is 0. The summed E-state index contributed by atoms with van der Waals surface area (Å²) in [6.07, 6.45) is 0.174. The zero-order chi connectivity index (χ0) is 8.97. The highest BCUT2D eigenvalue weighted by Gasteiger charge is 2.08. The molecule has 0 unspecified atom stereocenters. The molecular formula is C8H8N2O2. The normalized spacial score (nSPS) is 9.08. The highest BCUT2D eigenvalue weighted by atomic mass is 16.2. The summed E-state index contributed by atoms with van der Waals surface area (Å²) in [5, 5.41) is 0.799. The first-order chi connectivity index (χ1) is 5.75. The standard InChI is InChI=1S/C8H8N2O2/c9-10(8(12)6-11)7-4-2-1-3-5-7/h1-6H,9H2. The van der Waals surface area contributed by atoms with E-state index < -0.39 is 5.91 Å². The molecule has 0 radical (unpaired) electrons. The van der Waals surface area contributed by atoms with E-state index in [0.717, 1.165) is 5.01 Å². The van der Waals surface area contributed by atoms with Crippen LogP contribution in [0.3, 0.4) is 0 Å². The van der Waals surface area contributed by atoms with Crippen LogP contribution in [0, 0.1) is 0 Å². The molecule has 0 atom stereocenters. The fourth-order valence-electron chi connectivity index (χ4n) is 0.773. The second-order valence-electron chi connectivity index (χ2n) is 2.16. The monoisotopic (exact) mass is 164 g/mol. The molecule has 0 heterocycles. The number of nitrogens with zero attached hydrogens (tertiary/aromatic N) is 1. The number of para-hydroxylation sites is 1. The van der Waals surface area contributed by atoms with Crippen LogP contribution in [-0.2, 0) is 9.59 Å². The SMILES string of the molecule is NN(C(=O)C=O)c1ccccc1. The zero-order valence-electron chi connectivity index (χ0n) is 6.31. The quantitative estimate of drug-likeness (QED) is 0.221. The van der Waals surface area contributed by atoms with Gasteiger partial charge < -0.3 is 0 Å². The Morgan fingerprint density at radius 2 is 1.92 bits per heavy atom. The van der Waals surface area contributed by atoms with Gasteiger partial charge in [-0.3, -0.25) is 9.59 Å². The molecule has 12 heavy (non-hydrogen) atoms. The van der Waals surface area contributed by atoms with E-state index in [-0.39, 0.29) is 6.29 Å². The smallest absolute Gasteiger partial charge is 0.292 e. The fourth-order valence-corrected chi connectivity index (χ4v) is 0.773. The Hall–Kier alpha value is -1.68. The minimum atomic E-state index is -0.763. The highest BCUT2D eigenvalue weighted by molar-refractivity contribution is 6.29. The number of aldehydes is 1. The van der Waals surface area contributed by atoms with Gasteiger partial charge in [0.1, 0.15) is 0 Å². The van der Waals surface area contributed by atoms with Crippen LogP contribution >= 0.6 is 0 Å². The van der Waals surface area contributed by atoms with Crippen LogP contribution in [0.2, 0.25) is 0 Å². The number of hydrogen-bond donors (Lipinski definition) is 1. The second kappa shape index (κ2) is 3.64. The van der Waals surface area contributed by atoms with Crippen LogP contribution < -0.4 is 10.9 Å². The molecule has 1 rings (SSSR count). The van der Waals surface area contributed by atoms with Crippen molar-refractivity contribution in [1.29, 1.82) is 0 Å². The molecule has 0 fully saturated rings. The van der Waals surface area contributed by atoms with E-state index in [2.05, 4.69) is 0 Å². The minimum Gasteiger partial charge on any atom is -0.292 e. The molecule has 1 aromatic carbocycles. The number of nitrogens with two attached hydrogens (primary N) is 1. The number of hydrogen-bond acceptors (Lipinski definition) is 3. The van der Waals surface area contributed by atoms with Gasteiger partial charge in [-0.15, -0.1) is 0 Å². The highest BCUT2D eigenvalue weighted by Crippen LogP contribution is 2.08. The van der Waals surface area contributed by atoms with Crippen molar-refractivity contribution in [3.8, 4) is 0 Å². The van der Waals surface area contributed by atoms with E-state index in [0.29, 0.717) is 5.69 Å². The van der Waals surface area contributed by atoms with Gasteiger partial charge in [-0.05, 0) is 12.1 Å². The number of hydrazine groups is 1. The molecule has 62 valence electrons. The van der Waals surface area contributed by atoms with Gasteiger partial charge in [0.05, 0.1) is 5.69 Å². The van der Waals surface area contributed by atoms with Crippen molar-refractivity contribution in [3.63, 3.8) is 0 Å². The summed E-state index contributed by atoms with van der Waals surface area (Å²) >= 11 is 0. The van der Waals surface area contributed by atoms with Gasteiger partial charge in [0.15, 0.2) is 0 Å². The number of carbonyl (C=O) groups is 2. The van der Waals surface area contributed by atoms with Gasteiger partial charge in [-0.1, -0.05) is 18.2 Å². The fraction of sp³-hybridized carbons (Fsp3) is 0. The third-order valence-corrected chi connectivity index (χ3v) is 1.37. The molecule has 4 nitrogen and oxygen atoms in total. The van der Waals surface area contributed by atoms with Gasteiger partial charge in [-0.2, -0.15) is 0 Å². The van der Waals surface area contributed by atoms with E-state index in [1.807, 2.05) is 0 Å². The lowest BCUT2D eigenvalue weighted by molar-refractivity contribution is -0.129. The molecule has 0 spiro atoms. The van der Waals surface area contributed by atoms with Crippen LogP contribution in [0.25, 0.3) is 0 Å². The van der Waals surface area contributed by atoms with Crippen LogP contribution in [0.5, 0.6) is 0 Å². The van der Waals surface area contributed by atoms with Crippen molar-refractivity contribution in [3.05, 3.63) is 30.3 Å². The predicted octanol–water partition coefficient (Wildman–Crippen LogP) is 0.0922. The van der Waals surface area contributed by atoms with Crippen molar-refractivity contribution < 1.29 is 9.59 Å². The Kier molecular flexibility index (Phi) is 2.55. The zero-order valence-corrected chi connectivity index (χ0v) is 6.31. The molecule has 0 aliphatic carbocycles. The maximum atomic E-state index is 10.7. The number of carbonyl (C=O) groups excluding carboxylic acids is 2. The second-order valence-corrected chi connectivity index (χ2v) is 2.16. The van der Waals surface area contributed by atoms with Crippen LogP contribution in [0.4, 0.5) is 5.69 Å². The van der Waals surface area contributed by atoms with Gasteiger partial charge in [0.25, 0.3) is 0 Å². The summed E-state index contributed by atoms with van der Waals surface area (Å²) in [6, 6.07) is 8.53. The molecule has 1 amide bonds. The third kappa shape index (κ3) is 1.67.